The van der Waals surface area contributed by atoms with E-state index in [1.54, 1.807) is 6.07 Å². The van der Waals surface area contributed by atoms with Crippen LogP contribution in [0.15, 0.2) is 126 Å². The van der Waals surface area contributed by atoms with Crippen molar-refractivity contribution in [1.82, 2.24) is 4.98 Å². The minimum Gasteiger partial charge on any atom is -0.454 e. The molecule has 0 fully saturated rings. The number of rotatable bonds is 6. The molecule has 0 radical (unpaired) electrons. The van der Waals surface area contributed by atoms with E-state index in [2.05, 4.69) is 23.5 Å². The van der Waals surface area contributed by atoms with Crippen LogP contribution in [-0.4, -0.2) is 10.9 Å². The van der Waals surface area contributed by atoms with Gasteiger partial charge in [0.05, 0.1) is 16.1 Å². The summed E-state index contributed by atoms with van der Waals surface area (Å²) in [4.78, 5) is 18.2. The molecule has 1 amide bonds. The van der Waals surface area contributed by atoms with Gasteiger partial charge in [-0.3, -0.25) is 4.79 Å². The fourth-order valence-electron chi connectivity index (χ4n) is 4.40. The van der Waals surface area contributed by atoms with Crippen LogP contribution in [0.2, 0.25) is 5.02 Å². The van der Waals surface area contributed by atoms with E-state index in [4.69, 9.17) is 21.0 Å². The van der Waals surface area contributed by atoms with E-state index < -0.39 is 0 Å². The maximum absolute atomic E-state index is 13.5. The highest BCUT2D eigenvalue weighted by Gasteiger charge is 2.17. The fourth-order valence-corrected chi connectivity index (χ4v) is 4.63. The number of anilines is 1. The van der Waals surface area contributed by atoms with Crippen LogP contribution in [0.5, 0.6) is 0 Å². The number of fused-ring (bicyclic) bond motifs is 1. The van der Waals surface area contributed by atoms with Crippen molar-refractivity contribution in [3.8, 4) is 22.8 Å². The van der Waals surface area contributed by atoms with Crippen molar-refractivity contribution in [3.05, 3.63) is 143 Å². The van der Waals surface area contributed by atoms with Crippen LogP contribution in [-0.2, 0) is 0 Å². The highest BCUT2D eigenvalue weighted by atomic mass is 35.5. The van der Waals surface area contributed by atoms with E-state index in [1.807, 2.05) is 109 Å². The highest BCUT2D eigenvalue weighted by molar-refractivity contribution is 6.33. The van der Waals surface area contributed by atoms with Gasteiger partial charge < -0.3 is 9.73 Å². The number of benzene rings is 4. The molecule has 188 valence electrons. The molecule has 1 N–H and O–H groups in total. The second-order valence-corrected chi connectivity index (χ2v) is 9.44. The van der Waals surface area contributed by atoms with Crippen molar-refractivity contribution < 1.29 is 9.21 Å². The molecule has 2 aromatic heterocycles. The summed E-state index contributed by atoms with van der Waals surface area (Å²) in [7, 11) is 0. The van der Waals surface area contributed by atoms with Crippen molar-refractivity contribution in [2.75, 3.05) is 5.32 Å². The smallest absolute Gasteiger partial charge is 0.256 e. The molecule has 39 heavy (non-hydrogen) atoms. The Bertz CT molecular complexity index is 1810. The van der Waals surface area contributed by atoms with Gasteiger partial charge >= 0.3 is 0 Å². The topological polar surface area (TPSA) is 55.1 Å². The maximum atomic E-state index is 13.5. The van der Waals surface area contributed by atoms with Crippen molar-refractivity contribution in [2.24, 2.45) is 0 Å². The zero-order valence-corrected chi connectivity index (χ0v) is 21.6. The van der Waals surface area contributed by atoms with Crippen LogP contribution in [0.3, 0.4) is 0 Å². The number of pyridine rings is 1. The molecule has 0 unspecified atom stereocenters. The first-order chi connectivity index (χ1) is 19.1. The van der Waals surface area contributed by atoms with E-state index in [0.717, 1.165) is 22.1 Å². The molecular formula is C34H23ClN2O2. The monoisotopic (exact) mass is 526 g/mol. The Balaban J connectivity index is 1.27. The highest BCUT2D eigenvalue weighted by Crippen LogP contribution is 2.33. The lowest BCUT2D eigenvalue weighted by molar-refractivity contribution is 0.102. The molecule has 0 saturated heterocycles. The molecule has 0 aliphatic carbocycles. The molecule has 0 aliphatic rings. The third kappa shape index (κ3) is 5.37. The standard InChI is InChI=1S/C34H23ClN2O2/c35-29-12-6-4-11-27(29)32-20-21-33(39-32)31-22-28(26-10-5-7-13-30(26)37-31)34(38)36-25-18-16-24(17-19-25)15-14-23-8-2-1-3-9-23/h1-22H,(H,36,38). The lowest BCUT2D eigenvalue weighted by Crippen LogP contribution is -2.13. The molecule has 0 saturated carbocycles. The summed E-state index contributed by atoms with van der Waals surface area (Å²) in [6.07, 6.45) is 4.11. The Labute approximate surface area is 231 Å². The zero-order valence-electron chi connectivity index (χ0n) is 20.8. The number of nitrogens with zero attached hydrogens (tertiary/aromatic N) is 1. The van der Waals surface area contributed by atoms with Crippen molar-refractivity contribution in [2.45, 2.75) is 0 Å². The van der Waals surface area contributed by atoms with Crippen molar-refractivity contribution >= 4 is 46.3 Å². The third-order valence-corrected chi connectivity index (χ3v) is 6.72. The van der Waals surface area contributed by atoms with Crippen molar-refractivity contribution in [3.63, 3.8) is 0 Å². The summed E-state index contributed by atoms with van der Waals surface area (Å²) in [5.41, 5.74) is 5.46. The van der Waals surface area contributed by atoms with Gasteiger partial charge in [-0.25, -0.2) is 4.98 Å². The van der Waals surface area contributed by atoms with Gasteiger partial charge in [-0.1, -0.05) is 96.5 Å². The molecule has 0 atom stereocenters. The number of carbonyl (C=O) groups is 1. The zero-order chi connectivity index (χ0) is 26.6. The lowest BCUT2D eigenvalue weighted by atomic mass is 10.1. The number of halogens is 1. The number of hydrogen-bond acceptors (Lipinski definition) is 3. The average Bonchev–Trinajstić information content (AvgIpc) is 3.47. The van der Waals surface area contributed by atoms with Crippen LogP contribution >= 0.6 is 11.6 Å². The molecule has 5 heteroatoms. The van der Waals surface area contributed by atoms with E-state index in [1.165, 1.54) is 0 Å². The summed E-state index contributed by atoms with van der Waals surface area (Å²) in [6.45, 7) is 0. The molecule has 6 aromatic rings. The fraction of sp³-hybridized carbons (Fsp3) is 0. The molecular weight excluding hydrogens is 504 g/mol. The maximum Gasteiger partial charge on any atom is 0.256 e. The van der Waals surface area contributed by atoms with Gasteiger partial charge in [-0.15, -0.1) is 0 Å². The number of aromatic nitrogens is 1. The molecule has 4 nitrogen and oxygen atoms in total. The van der Waals surface area contributed by atoms with E-state index >= 15 is 0 Å². The average molecular weight is 527 g/mol. The summed E-state index contributed by atoms with van der Waals surface area (Å²) in [5.74, 6) is 0.970. The van der Waals surface area contributed by atoms with Gasteiger partial charge in [0, 0.05) is 16.6 Å². The van der Waals surface area contributed by atoms with Gasteiger partial charge in [0.15, 0.2) is 5.76 Å². The van der Waals surface area contributed by atoms with E-state index in [-0.39, 0.29) is 5.91 Å². The first-order valence-electron chi connectivity index (χ1n) is 12.5. The number of para-hydroxylation sites is 1. The Morgan fingerprint density at radius 3 is 2.18 bits per heavy atom. The van der Waals surface area contributed by atoms with E-state index in [0.29, 0.717) is 39.0 Å². The van der Waals surface area contributed by atoms with Gasteiger partial charge in [-0.05, 0) is 59.7 Å². The van der Waals surface area contributed by atoms with Gasteiger partial charge in [0.2, 0.25) is 0 Å². The normalized spacial score (nSPS) is 11.2. The molecule has 0 aliphatic heterocycles. The van der Waals surface area contributed by atoms with Crippen LogP contribution in [0.1, 0.15) is 21.5 Å². The molecule has 2 heterocycles. The molecule has 4 aromatic carbocycles. The van der Waals surface area contributed by atoms with Gasteiger partial charge in [-0.2, -0.15) is 0 Å². The Hall–Kier alpha value is -4.93. The number of hydrogen-bond donors (Lipinski definition) is 1. The number of carbonyl (C=O) groups excluding carboxylic acids is 1. The second kappa shape index (κ2) is 10.8. The van der Waals surface area contributed by atoms with Crippen LogP contribution < -0.4 is 5.32 Å². The Morgan fingerprint density at radius 1 is 0.718 bits per heavy atom. The predicted molar refractivity (Wildman–Crippen MR) is 160 cm³/mol. The second-order valence-electron chi connectivity index (χ2n) is 9.04. The van der Waals surface area contributed by atoms with E-state index in [9.17, 15) is 4.79 Å². The predicted octanol–water partition coefficient (Wildman–Crippen LogP) is 9.24. The summed E-state index contributed by atoms with van der Waals surface area (Å²) >= 11 is 6.36. The number of amides is 1. The van der Waals surface area contributed by atoms with Crippen LogP contribution in [0, 0.1) is 0 Å². The first kappa shape index (κ1) is 24.4. The van der Waals surface area contributed by atoms with Gasteiger partial charge in [0.25, 0.3) is 5.91 Å². The summed E-state index contributed by atoms with van der Waals surface area (Å²) in [6, 6.07) is 38.5. The molecule has 0 spiro atoms. The number of furan rings is 1. The lowest BCUT2D eigenvalue weighted by Gasteiger charge is -2.10. The quantitative estimate of drug-likeness (QED) is 0.220. The minimum atomic E-state index is -0.222. The van der Waals surface area contributed by atoms with Crippen LogP contribution in [0.25, 0.3) is 45.8 Å². The first-order valence-corrected chi connectivity index (χ1v) is 12.9. The number of nitrogens with one attached hydrogen (secondary N) is 1. The minimum absolute atomic E-state index is 0.222. The van der Waals surface area contributed by atoms with Crippen molar-refractivity contribution in [1.29, 1.82) is 0 Å². The molecule has 0 bridgehead atoms. The Kier molecular flexibility index (Phi) is 6.77. The third-order valence-electron chi connectivity index (χ3n) is 6.39. The Morgan fingerprint density at radius 2 is 1.38 bits per heavy atom. The SMILES string of the molecule is O=C(Nc1ccc(C=Cc2ccccc2)cc1)c1cc(-c2ccc(-c3ccccc3Cl)o2)nc2ccccc12. The largest absolute Gasteiger partial charge is 0.454 e. The van der Waals surface area contributed by atoms with Gasteiger partial charge in [0.1, 0.15) is 11.5 Å². The summed E-state index contributed by atoms with van der Waals surface area (Å²) < 4.78 is 6.12. The summed E-state index contributed by atoms with van der Waals surface area (Å²) in [5, 5.41) is 4.40. The molecule has 6 rings (SSSR count). The van der Waals surface area contributed by atoms with Crippen LogP contribution in [0.4, 0.5) is 5.69 Å².